The fraction of sp³-hybridized carbons (Fsp3) is 0.421. The predicted octanol–water partition coefficient (Wildman–Crippen LogP) is 2.33. The van der Waals surface area contributed by atoms with Gasteiger partial charge in [-0.15, -0.1) is 11.3 Å². The van der Waals surface area contributed by atoms with Crippen LogP contribution >= 0.6 is 11.3 Å². The molecule has 1 aromatic heterocycles. The van der Waals surface area contributed by atoms with Gasteiger partial charge in [0.15, 0.2) is 0 Å². The van der Waals surface area contributed by atoms with Gasteiger partial charge in [0.2, 0.25) is 15.9 Å². The zero-order chi connectivity index (χ0) is 18.9. The number of carbonyl (C=O) groups is 1. The van der Waals surface area contributed by atoms with Gasteiger partial charge in [0.05, 0.1) is 17.9 Å². The van der Waals surface area contributed by atoms with Gasteiger partial charge in [-0.05, 0) is 23.6 Å². The molecule has 1 aromatic carbocycles. The summed E-state index contributed by atoms with van der Waals surface area (Å²) in [6.45, 7) is 1.74. The SMILES string of the molecule is O=C(Cc1cccs1)N1CCC2(CC1)OCCN2S(=O)(=O)c1ccccc1. The quantitative estimate of drug-likeness (QED) is 0.782. The van der Waals surface area contributed by atoms with Crippen molar-refractivity contribution in [3.8, 4) is 0 Å². The van der Waals surface area contributed by atoms with E-state index in [1.54, 1.807) is 41.7 Å². The van der Waals surface area contributed by atoms with E-state index in [4.69, 9.17) is 4.74 Å². The summed E-state index contributed by atoms with van der Waals surface area (Å²) in [6, 6.07) is 12.4. The standard InChI is InChI=1S/C19H22N2O4S2/c22-18(15-16-5-4-14-26-16)20-10-8-19(9-11-20)21(12-13-25-19)27(23,24)17-6-2-1-3-7-17/h1-7,14H,8-13,15H2. The molecule has 2 aliphatic heterocycles. The van der Waals surface area contributed by atoms with E-state index in [0.29, 0.717) is 45.5 Å². The minimum atomic E-state index is -3.62. The van der Waals surface area contributed by atoms with E-state index in [-0.39, 0.29) is 10.8 Å². The van der Waals surface area contributed by atoms with Crippen molar-refractivity contribution in [2.24, 2.45) is 0 Å². The molecule has 27 heavy (non-hydrogen) atoms. The number of benzene rings is 1. The number of hydrogen-bond acceptors (Lipinski definition) is 5. The second kappa shape index (κ2) is 7.35. The smallest absolute Gasteiger partial charge is 0.245 e. The number of piperidine rings is 1. The molecule has 3 heterocycles. The van der Waals surface area contributed by atoms with Crippen LogP contribution in [0.1, 0.15) is 17.7 Å². The van der Waals surface area contributed by atoms with Gasteiger partial charge in [-0.1, -0.05) is 24.3 Å². The van der Waals surface area contributed by atoms with Crippen LogP contribution in [0.5, 0.6) is 0 Å². The fourth-order valence-electron chi connectivity index (χ4n) is 3.83. The van der Waals surface area contributed by atoms with E-state index in [0.717, 1.165) is 4.88 Å². The monoisotopic (exact) mass is 406 g/mol. The van der Waals surface area contributed by atoms with Crippen LogP contribution in [-0.2, 0) is 26.0 Å². The van der Waals surface area contributed by atoms with E-state index in [2.05, 4.69) is 0 Å². The molecule has 1 spiro atoms. The lowest BCUT2D eigenvalue weighted by molar-refractivity contribution is -0.139. The van der Waals surface area contributed by atoms with Gasteiger partial charge in [0.1, 0.15) is 5.72 Å². The lowest BCUT2D eigenvalue weighted by Gasteiger charge is -2.42. The number of carbonyl (C=O) groups excluding carboxylic acids is 1. The van der Waals surface area contributed by atoms with Crippen molar-refractivity contribution in [3.63, 3.8) is 0 Å². The number of nitrogens with zero attached hydrogens (tertiary/aromatic N) is 2. The molecule has 2 aromatic rings. The summed E-state index contributed by atoms with van der Waals surface area (Å²) < 4.78 is 33.6. The summed E-state index contributed by atoms with van der Waals surface area (Å²) in [7, 11) is -3.62. The summed E-state index contributed by atoms with van der Waals surface area (Å²) in [5.74, 6) is 0.0859. The third-order valence-corrected chi connectivity index (χ3v) is 8.09. The largest absolute Gasteiger partial charge is 0.358 e. The molecule has 0 radical (unpaired) electrons. The fourth-order valence-corrected chi connectivity index (χ4v) is 6.27. The molecule has 8 heteroatoms. The van der Waals surface area contributed by atoms with Crippen LogP contribution in [0.3, 0.4) is 0 Å². The van der Waals surface area contributed by atoms with Crippen molar-refractivity contribution in [1.29, 1.82) is 0 Å². The molecule has 2 aliphatic rings. The Bertz CT molecular complexity index is 889. The normalized spacial score (nSPS) is 20.2. The van der Waals surface area contributed by atoms with Crippen molar-refractivity contribution in [3.05, 3.63) is 52.7 Å². The summed E-state index contributed by atoms with van der Waals surface area (Å²) in [5, 5.41) is 1.96. The molecule has 0 atom stereocenters. The van der Waals surface area contributed by atoms with E-state index < -0.39 is 15.7 Å². The first kappa shape index (κ1) is 18.6. The van der Waals surface area contributed by atoms with Gasteiger partial charge >= 0.3 is 0 Å². The Morgan fingerprint density at radius 1 is 1.07 bits per heavy atom. The molecule has 0 unspecified atom stereocenters. The Kier molecular flexibility index (Phi) is 5.07. The van der Waals surface area contributed by atoms with Crippen LogP contribution in [0.2, 0.25) is 0 Å². The van der Waals surface area contributed by atoms with Crippen LogP contribution < -0.4 is 0 Å². The summed E-state index contributed by atoms with van der Waals surface area (Å²) >= 11 is 1.58. The molecule has 1 amide bonds. The van der Waals surface area contributed by atoms with Crippen LogP contribution in [0.15, 0.2) is 52.7 Å². The minimum absolute atomic E-state index is 0.0859. The Morgan fingerprint density at radius 3 is 2.48 bits per heavy atom. The first-order valence-electron chi connectivity index (χ1n) is 9.03. The topological polar surface area (TPSA) is 66.9 Å². The number of hydrogen-bond donors (Lipinski definition) is 0. The molecule has 144 valence electrons. The molecule has 0 N–H and O–H groups in total. The molecular formula is C19H22N2O4S2. The molecule has 6 nitrogen and oxygen atoms in total. The lowest BCUT2D eigenvalue weighted by atomic mass is 10.0. The van der Waals surface area contributed by atoms with Crippen molar-refractivity contribution in [2.75, 3.05) is 26.2 Å². The maximum absolute atomic E-state index is 13.1. The van der Waals surface area contributed by atoms with Crippen LogP contribution in [-0.4, -0.2) is 55.5 Å². The Labute approximate surface area is 163 Å². The van der Waals surface area contributed by atoms with E-state index in [9.17, 15) is 13.2 Å². The molecule has 0 aliphatic carbocycles. The molecular weight excluding hydrogens is 384 g/mol. The third kappa shape index (κ3) is 3.54. The second-order valence-corrected chi connectivity index (χ2v) is 9.72. The highest BCUT2D eigenvalue weighted by Gasteiger charge is 2.50. The van der Waals surface area contributed by atoms with Gasteiger partial charge in [-0.3, -0.25) is 4.79 Å². The maximum Gasteiger partial charge on any atom is 0.245 e. The van der Waals surface area contributed by atoms with Crippen molar-refractivity contribution in [2.45, 2.75) is 29.9 Å². The van der Waals surface area contributed by atoms with Gasteiger partial charge in [-0.2, -0.15) is 4.31 Å². The highest BCUT2D eigenvalue weighted by atomic mass is 32.2. The third-order valence-electron chi connectivity index (χ3n) is 5.25. The number of ether oxygens (including phenoxy) is 1. The zero-order valence-electron chi connectivity index (χ0n) is 14.9. The Morgan fingerprint density at radius 2 is 1.81 bits per heavy atom. The number of sulfonamides is 1. The van der Waals surface area contributed by atoms with Crippen LogP contribution in [0.25, 0.3) is 0 Å². The van der Waals surface area contributed by atoms with Crippen LogP contribution in [0.4, 0.5) is 0 Å². The first-order chi connectivity index (χ1) is 13.0. The molecule has 4 rings (SSSR count). The number of amides is 1. The van der Waals surface area contributed by atoms with Crippen molar-refractivity contribution in [1.82, 2.24) is 9.21 Å². The highest BCUT2D eigenvalue weighted by molar-refractivity contribution is 7.89. The summed E-state index contributed by atoms with van der Waals surface area (Å²) in [6.07, 6.45) is 1.39. The Hall–Kier alpha value is -1.74. The summed E-state index contributed by atoms with van der Waals surface area (Å²) in [5.41, 5.74) is -0.839. The minimum Gasteiger partial charge on any atom is -0.358 e. The van der Waals surface area contributed by atoms with E-state index in [1.807, 2.05) is 22.4 Å². The van der Waals surface area contributed by atoms with Gasteiger partial charge in [0.25, 0.3) is 0 Å². The number of thiophene rings is 1. The number of rotatable bonds is 4. The van der Waals surface area contributed by atoms with Gasteiger partial charge in [0, 0.05) is 37.4 Å². The first-order valence-corrected chi connectivity index (χ1v) is 11.4. The second-order valence-electron chi connectivity index (χ2n) is 6.82. The highest BCUT2D eigenvalue weighted by Crippen LogP contribution is 2.38. The van der Waals surface area contributed by atoms with Gasteiger partial charge < -0.3 is 9.64 Å². The molecule has 2 fully saturated rings. The lowest BCUT2D eigenvalue weighted by Crippen LogP contribution is -2.55. The zero-order valence-corrected chi connectivity index (χ0v) is 16.5. The van der Waals surface area contributed by atoms with Gasteiger partial charge in [-0.25, -0.2) is 8.42 Å². The van der Waals surface area contributed by atoms with Crippen LogP contribution in [0, 0.1) is 0 Å². The van der Waals surface area contributed by atoms with E-state index in [1.165, 1.54) is 4.31 Å². The average molecular weight is 407 g/mol. The average Bonchev–Trinajstić information content (AvgIpc) is 3.33. The predicted molar refractivity (Wildman–Crippen MR) is 103 cm³/mol. The number of likely N-dealkylation sites (tertiary alicyclic amines) is 1. The summed E-state index contributed by atoms with van der Waals surface area (Å²) in [4.78, 5) is 15.7. The molecule has 0 bridgehead atoms. The van der Waals surface area contributed by atoms with Crippen molar-refractivity contribution >= 4 is 27.3 Å². The Balaban J connectivity index is 1.47. The van der Waals surface area contributed by atoms with Crippen molar-refractivity contribution < 1.29 is 17.9 Å². The van der Waals surface area contributed by atoms with E-state index >= 15 is 0 Å². The maximum atomic E-state index is 13.1. The molecule has 2 saturated heterocycles. The molecule has 0 saturated carbocycles.